The molecule has 0 unspecified atom stereocenters. The number of rotatable bonds is 3. The zero-order valence-corrected chi connectivity index (χ0v) is 12.3. The summed E-state index contributed by atoms with van der Waals surface area (Å²) < 4.78 is 12.0. The van der Waals surface area contributed by atoms with Gasteiger partial charge in [-0.25, -0.2) is 14.3 Å². The molecule has 0 spiro atoms. The zero-order valence-electron chi connectivity index (χ0n) is 11.6. The molecule has 3 rings (SSSR count). The topological polar surface area (TPSA) is 69.0 Å². The molecule has 1 fully saturated rings. The highest BCUT2D eigenvalue weighted by atomic mass is 35.5. The van der Waals surface area contributed by atoms with Gasteiger partial charge in [0, 0.05) is 13.1 Å². The van der Waals surface area contributed by atoms with Crippen LogP contribution in [-0.2, 0) is 9.47 Å². The summed E-state index contributed by atoms with van der Waals surface area (Å²) in [6, 6.07) is 0. The van der Waals surface area contributed by atoms with Crippen LogP contribution in [-0.4, -0.2) is 53.5 Å². The number of imidazole rings is 1. The molecule has 7 nitrogen and oxygen atoms in total. The number of hydrogen-bond acceptors (Lipinski definition) is 6. The van der Waals surface area contributed by atoms with E-state index in [-0.39, 0.29) is 0 Å². The van der Waals surface area contributed by atoms with Crippen LogP contribution in [0.4, 0.5) is 5.69 Å². The Morgan fingerprint density at radius 2 is 2.24 bits per heavy atom. The van der Waals surface area contributed by atoms with E-state index in [0.717, 1.165) is 0 Å². The van der Waals surface area contributed by atoms with E-state index >= 15 is 0 Å². The molecule has 0 aromatic carbocycles. The Balaban J connectivity index is 2.14. The minimum Gasteiger partial charge on any atom is -0.462 e. The fourth-order valence-corrected chi connectivity index (χ4v) is 2.52. The number of carbonyl (C=O) groups is 1. The van der Waals surface area contributed by atoms with Crippen LogP contribution in [0.25, 0.3) is 5.65 Å². The Hall–Kier alpha value is -1.86. The first-order valence-electron chi connectivity index (χ1n) is 6.74. The van der Waals surface area contributed by atoms with Gasteiger partial charge in [0.05, 0.1) is 37.9 Å². The van der Waals surface area contributed by atoms with Crippen molar-refractivity contribution in [1.29, 1.82) is 0 Å². The Kier molecular flexibility index (Phi) is 3.94. The molecule has 0 saturated carbocycles. The second kappa shape index (κ2) is 5.87. The number of hydrogen-bond donors (Lipinski definition) is 0. The molecule has 2 aromatic heterocycles. The summed E-state index contributed by atoms with van der Waals surface area (Å²) in [5.41, 5.74) is 1.64. The Labute approximate surface area is 126 Å². The van der Waals surface area contributed by atoms with E-state index in [9.17, 15) is 4.79 Å². The summed E-state index contributed by atoms with van der Waals surface area (Å²) >= 11 is 5.96. The van der Waals surface area contributed by atoms with Gasteiger partial charge in [-0.2, -0.15) is 5.10 Å². The van der Waals surface area contributed by atoms with Crippen molar-refractivity contribution in [1.82, 2.24) is 14.6 Å². The molecular weight excluding hydrogens is 296 g/mol. The highest BCUT2D eigenvalue weighted by Gasteiger charge is 2.24. The van der Waals surface area contributed by atoms with Crippen molar-refractivity contribution in [2.24, 2.45) is 0 Å². The molecular formula is C13H15ClN4O3. The summed E-state index contributed by atoms with van der Waals surface area (Å²) in [6.07, 6.45) is 3.10. The second-order valence-corrected chi connectivity index (χ2v) is 4.95. The van der Waals surface area contributed by atoms with Crippen LogP contribution in [0.15, 0.2) is 12.4 Å². The van der Waals surface area contributed by atoms with E-state index in [4.69, 9.17) is 21.1 Å². The first kappa shape index (κ1) is 14.1. The van der Waals surface area contributed by atoms with Gasteiger partial charge in [0.25, 0.3) is 0 Å². The predicted molar refractivity (Wildman–Crippen MR) is 77.0 cm³/mol. The Bertz CT molecular complexity index is 667. The third-order valence-electron chi connectivity index (χ3n) is 3.26. The minimum atomic E-state index is -0.409. The van der Waals surface area contributed by atoms with Gasteiger partial charge in [0.1, 0.15) is 10.7 Å². The molecule has 0 N–H and O–H groups in total. The summed E-state index contributed by atoms with van der Waals surface area (Å²) in [6.45, 7) is 4.63. The lowest BCUT2D eigenvalue weighted by Crippen LogP contribution is -2.37. The highest BCUT2D eigenvalue weighted by molar-refractivity contribution is 6.29. The van der Waals surface area contributed by atoms with Crippen molar-refractivity contribution in [2.45, 2.75) is 6.92 Å². The summed E-state index contributed by atoms with van der Waals surface area (Å²) in [4.78, 5) is 18.5. The molecule has 1 aliphatic rings. The van der Waals surface area contributed by atoms with Crippen molar-refractivity contribution in [2.75, 3.05) is 37.8 Å². The molecule has 21 heavy (non-hydrogen) atoms. The van der Waals surface area contributed by atoms with Crippen LogP contribution in [0.1, 0.15) is 17.3 Å². The third-order valence-corrected chi connectivity index (χ3v) is 3.44. The van der Waals surface area contributed by atoms with Crippen LogP contribution >= 0.6 is 11.6 Å². The van der Waals surface area contributed by atoms with Gasteiger partial charge in [-0.15, -0.1) is 0 Å². The molecule has 1 saturated heterocycles. The maximum atomic E-state index is 12.2. The molecule has 0 amide bonds. The van der Waals surface area contributed by atoms with Crippen LogP contribution in [0.3, 0.4) is 0 Å². The fourth-order valence-electron chi connectivity index (χ4n) is 2.35. The van der Waals surface area contributed by atoms with Crippen molar-refractivity contribution in [3.8, 4) is 0 Å². The maximum absolute atomic E-state index is 12.2. The van der Waals surface area contributed by atoms with Crippen LogP contribution in [0, 0.1) is 0 Å². The predicted octanol–water partition coefficient (Wildman–Crippen LogP) is 1.40. The summed E-state index contributed by atoms with van der Waals surface area (Å²) in [5, 5.41) is 4.50. The lowest BCUT2D eigenvalue weighted by Gasteiger charge is -2.30. The molecule has 2 aromatic rings. The van der Waals surface area contributed by atoms with Gasteiger partial charge in [-0.1, -0.05) is 11.6 Å². The van der Waals surface area contributed by atoms with E-state index in [1.54, 1.807) is 17.6 Å². The van der Waals surface area contributed by atoms with Gasteiger partial charge in [0.15, 0.2) is 5.65 Å². The average molecular weight is 311 g/mol. The standard InChI is InChI=1S/C13H15ClN4O3/c1-2-21-13(19)9-7-15-18-8-10(14)16-12(18)11(9)17-3-5-20-6-4-17/h7-8H,2-6H2,1H3. The molecule has 8 heteroatoms. The number of fused-ring (bicyclic) bond motifs is 1. The largest absolute Gasteiger partial charge is 0.462 e. The average Bonchev–Trinajstić information content (AvgIpc) is 2.87. The zero-order chi connectivity index (χ0) is 14.8. The summed E-state index contributed by atoms with van der Waals surface area (Å²) in [5.74, 6) is -0.409. The van der Waals surface area contributed by atoms with Gasteiger partial charge >= 0.3 is 5.97 Å². The number of morpholine rings is 1. The molecule has 112 valence electrons. The van der Waals surface area contributed by atoms with Gasteiger partial charge in [0.2, 0.25) is 0 Å². The molecule has 0 atom stereocenters. The second-order valence-electron chi connectivity index (χ2n) is 4.56. The van der Waals surface area contributed by atoms with Crippen LogP contribution in [0.5, 0.6) is 0 Å². The minimum absolute atomic E-state index is 0.307. The van der Waals surface area contributed by atoms with E-state index in [2.05, 4.69) is 15.0 Å². The van der Waals surface area contributed by atoms with Crippen LogP contribution in [0.2, 0.25) is 5.15 Å². The van der Waals surface area contributed by atoms with Crippen molar-refractivity contribution in [3.63, 3.8) is 0 Å². The monoisotopic (exact) mass is 310 g/mol. The van der Waals surface area contributed by atoms with Gasteiger partial charge in [-0.3, -0.25) is 0 Å². The van der Waals surface area contributed by atoms with Crippen molar-refractivity contribution >= 4 is 28.9 Å². The maximum Gasteiger partial charge on any atom is 0.342 e. The number of esters is 1. The number of halogens is 1. The SMILES string of the molecule is CCOC(=O)c1cnn2cc(Cl)nc2c1N1CCOCC1. The highest BCUT2D eigenvalue weighted by Crippen LogP contribution is 2.27. The first-order valence-corrected chi connectivity index (χ1v) is 7.12. The number of nitrogens with zero attached hydrogens (tertiary/aromatic N) is 4. The van der Waals surface area contributed by atoms with E-state index < -0.39 is 5.97 Å². The van der Waals surface area contributed by atoms with Gasteiger partial charge in [-0.05, 0) is 6.92 Å². The Morgan fingerprint density at radius 1 is 1.48 bits per heavy atom. The lowest BCUT2D eigenvalue weighted by atomic mass is 10.2. The molecule has 0 bridgehead atoms. The van der Waals surface area contributed by atoms with E-state index in [1.807, 2.05) is 0 Å². The van der Waals surface area contributed by atoms with Crippen LogP contribution < -0.4 is 4.90 Å². The van der Waals surface area contributed by atoms with E-state index in [1.165, 1.54) is 6.20 Å². The normalized spacial score (nSPS) is 15.4. The smallest absolute Gasteiger partial charge is 0.342 e. The van der Waals surface area contributed by atoms with Crippen molar-refractivity contribution in [3.05, 3.63) is 23.1 Å². The fraction of sp³-hybridized carbons (Fsp3) is 0.462. The molecule has 1 aliphatic heterocycles. The number of aromatic nitrogens is 3. The molecule has 0 aliphatic carbocycles. The van der Waals surface area contributed by atoms with Crippen molar-refractivity contribution < 1.29 is 14.3 Å². The quantitative estimate of drug-likeness (QED) is 0.798. The summed E-state index contributed by atoms with van der Waals surface area (Å²) in [7, 11) is 0. The third kappa shape index (κ3) is 2.66. The number of anilines is 1. The first-order chi connectivity index (χ1) is 10.2. The van der Waals surface area contributed by atoms with Gasteiger partial charge < -0.3 is 14.4 Å². The Morgan fingerprint density at radius 3 is 2.95 bits per heavy atom. The van der Waals surface area contributed by atoms with E-state index in [0.29, 0.717) is 55.0 Å². The molecule has 0 radical (unpaired) electrons. The number of ether oxygens (including phenoxy) is 2. The number of carbonyl (C=O) groups excluding carboxylic acids is 1. The lowest BCUT2D eigenvalue weighted by molar-refractivity contribution is 0.0525. The molecule has 3 heterocycles.